The smallest absolute Gasteiger partial charge is 0.207 e. The van der Waals surface area contributed by atoms with Gasteiger partial charge in [-0.25, -0.2) is 0 Å². The van der Waals surface area contributed by atoms with Gasteiger partial charge >= 0.3 is 0 Å². The maximum Gasteiger partial charge on any atom is 0.207 e. The molecule has 14 heavy (non-hydrogen) atoms. The minimum Gasteiger partial charge on any atom is -0.358 e. The summed E-state index contributed by atoms with van der Waals surface area (Å²) in [6.07, 6.45) is 7.22. The van der Waals surface area contributed by atoms with E-state index in [1.807, 2.05) is 6.20 Å². The second kappa shape index (κ2) is 4.26. The van der Waals surface area contributed by atoms with Crippen LogP contribution in [0.2, 0.25) is 0 Å². The Bertz CT molecular complexity index is 319. The van der Waals surface area contributed by atoms with E-state index in [1.54, 1.807) is 0 Å². The second-order valence-electron chi connectivity index (χ2n) is 3.62. The van der Waals surface area contributed by atoms with Crippen molar-refractivity contribution in [3.63, 3.8) is 0 Å². The third-order valence-corrected chi connectivity index (χ3v) is 2.69. The van der Waals surface area contributed by atoms with Gasteiger partial charge in [-0.3, -0.25) is 9.48 Å². The van der Waals surface area contributed by atoms with Crippen molar-refractivity contribution in [2.45, 2.75) is 32.2 Å². The van der Waals surface area contributed by atoms with Gasteiger partial charge in [0.2, 0.25) is 6.41 Å². The highest BCUT2D eigenvalue weighted by Gasteiger charge is 2.13. The van der Waals surface area contributed by atoms with Gasteiger partial charge in [-0.1, -0.05) is 0 Å². The minimum absolute atomic E-state index is 0.711. The number of carbonyl (C=O) groups is 1. The van der Waals surface area contributed by atoms with Crippen LogP contribution in [0.1, 0.15) is 24.1 Å². The Labute approximate surface area is 83.3 Å². The van der Waals surface area contributed by atoms with Crippen LogP contribution < -0.4 is 5.32 Å². The summed E-state index contributed by atoms with van der Waals surface area (Å²) in [5.41, 5.74) is 2.66. The Morgan fingerprint density at radius 2 is 2.50 bits per heavy atom. The van der Waals surface area contributed by atoms with E-state index >= 15 is 0 Å². The van der Waals surface area contributed by atoms with Gasteiger partial charge < -0.3 is 5.32 Å². The number of rotatable bonds is 4. The van der Waals surface area contributed by atoms with E-state index in [9.17, 15) is 4.79 Å². The molecule has 0 bridgehead atoms. The maximum absolute atomic E-state index is 10.1. The highest BCUT2D eigenvalue weighted by atomic mass is 16.1. The van der Waals surface area contributed by atoms with Crippen LogP contribution in [0.15, 0.2) is 6.20 Å². The predicted molar refractivity (Wildman–Crippen MR) is 52.9 cm³/mol. The molecular formula is C10H15N3O. The van der Waals surface area contributed by atoms with Crippen LogP contribution in [-0.2, 0) is 24.2 Å². The highest BCUT2D eigenvalue weighted by Crippen LogP contribution is 2.17. The minimum atomic E-state index is 0.711. The number of carbonyl (C=O) groups excluding carboxylic acids is 1. The number of aryl methyl sites for hydroxylation is 1. The van der Waals surface area contributed by atoms with E-state index in [4.69, 9.17) is 0 Å². The first-order chi connectivity index (χ1) is 6.92. The first kappa shape index (κ1) is 9.24. The molecule has 0 saturated heterocycles. The highest BCUT2D eigenvalue weighted by molar-refractivity contribution is 5.45. The summed E-state index contributed by atoms with van der Waals surface area (Å²) < 4.78 is 2.10. The van der Waals surface area contributed by atoms with Gasteiger partial charge in [-0.2, -0.15) is 5.10 Å². The van der Waals surface area contributed by atoms with Gasteiger partial charge in [0.25, 0.3) is 0 Å². The number of amides is 1. The molecule has 1 aliphatic rings. The molecule has 1 N–H and O–H groups in total. The zero-order valence-electron chi connectivity index (χ0n) is 8.20. The third-order valence-electron chi connectivity index (χ3n) is 2.69. The Kier molecular flexibility index (Phi) is 2.81. The number of nitrogens with one attached hydrogen (secondary N) is 1. The molecule has 0 aromatic carbocycles. The van der Waals surface area contributed by atoms with E-state index in [-0.39, 0.29) is 0 Å². The lowest BCUT2D eigenvalue weighted by atomic mass is 10.1. The molecule has 0 aliphatic carbocycles. The summed E-state index contributed by atoms with van der Waals surface area (Å²) in [5.74, 6) is 0. The second-order valence-corrected chi connectivity index (χ2v) is 3.62. The van der Waals surface area contributed by atoms with Crippen LogP contribution in [0.5, 0.6) is 0 Å². The predicted octanol–water partition coefficient (Wildman–Crippen LogP) is 0.508. The third kappa shape index (κ3) is 1.78. The standard InChI is InChI=1S/C10H15N3O/c14-8-11-5-4-9-7-12-13-6-2-1-3-10(9)13/h7-8H,1-6H2,(H,11,14). The van der Waals surface area contributed by atoms with E-state index in [0.717, 1.165) is 25.8 Å². The van der Waals surface area contributed by atoms with Gasteiger partial charge in [-0.05, 0) is 31.2 Å². The van der Waals surface area contributed by atoms with Gasteiger partial charge in [0.15, 0.2) is 0 Å². The summed E-state index contributed by atoms with van der Waals surface area (Å²) in [6, 6.07) is 0. The van der Waals surface area contributed by atoms with Crippen LogP contribution >= 0.6 is 0 Å². The van der Waals surface area contributed by atoms with Crippen LogP contribution in [0.4, 0.5) is 0 Å². The number of hydrogen-bond acceptors (Lipinski definition) is 2. The largest absolute Gasteiger partial charge is 0.358 e. The van der Waals surface area contributed by atoms with Gasteiger partial charge in [0, 0.05) is 18.8 Å². The average Bonchev–Trinajstić information content (AvgIpc) is 2.63. The van der Waals surface area contributed by atoms with Gasteiger partial charge in [0.05, 0.1) is 6.20 Å². The van der Waals surface area contributed by atoms with E-state index in [2.05, 4.69) is 15.1 Å². The summed E-state index contributed by atoms with van der Waals surface area (Å²) in [7, 11) is 0. The molecule has 4 heteroatoms. The molecule has 0 fully saturated rings. The normalized spacial score (nSPS) is 14.9. The molecule has 4 nitrogen and oxygen atoms in total. The number of nitrogens with zero attached hydrogens (tertiary/aromatic N) is 2. The Balaban J connectivity index is 2.02. The van der Waals surface area contributed by atoms with E-state index < -0.39 is 0 Å². The van der Waals surface area contributed by atoms with Crippen molar-refractivity contribution in [1.82, 2.24) is 15.1 Å². The Morgan fingerprint density at radius 3 is 3.36 bits per heavy atom. The van der Waals surface area contributed by atoms with E-state index in [0.29, 0.717) is 6.54 Å². The van der Waals surface area contributed by atoms with Crippen molar-refractivity contribution in [2.24, 2.45) is 0 Å². The molecule has 1 aliphatic heterocycles. The van der Waals surface area contributed by atoms with E-state index in [1.165, 1.54) is 24.1 Å². The molecule has 0 saturated carbocycles. The fourth-order valence-electron chi connectivity index (χ4n) is 1.96. The topological polar surface area (TPSA) is 46.9 Å². The number of hydrogen-bond donors (Lipinski definition) is 1. The molecule has 2 heterocycles. The molecule has 0 unspecified atom stereocenters. The Morgan fingerprint density at radius 1 is 1.57 bits per heavy atom. The quantitative estimate of drug-likeness (QED) is 0.559. The first-order valence-corrected chi connectivity index (χ1v) is 5.12. The number of fused-ring (bicyclic) bond motifs is 1. The molecule has 2 rings (SSSR count). The van der Waals surface area contributed by atoms with Crippen LogP contribution in [0, 0.1) is 0 Å². The lowest BCUT2D eigenvalue weighted by Gasteiger charge is -2.14. The SMILES string of the molecule is O=CNCCc1cnn2c1CCCC2. The fourth-order valence-corrected chi connectivity index (χ4v) is 1.96. The lowest BCUT2D eigenvalue weighted by molar-refractivity contribution is -0.109. The summed E-state index contributed by atoms with van der Waals surface area (Å²) >= 11 is 0. The molecule has 0 radical (unpaired) electrons. The van der Waals surface area contributed by atoms with Gasteiger partial charge in [-0.15, -0.1) is 0 Å². The monoisotopic (exact) mass is 193 g/mol. The van der Waals surface area contributed by atoms with Crippen molar-refractivity contribution in [3.8, 4) is 0 Å². The Hall–Kier alpha value is -1.32. The van der Waals surface area contributed by atoms with Crippen LogP contribution in [0.25, 0.3) is 0 Å². The van der Waals surface area contributed by atoms with Crippen molar-refractivity contribution < 1.29 is 4.79 Å². The first-order valence-electron chi connectivity index (χ1n) is 5.12. The molecule has 1 aromatic rings. The zero-order valence-corrected chi connectivity index (χ0v) is 8.20. The number of aromatic nitrogens is 2. The summed E-state index contributed by atoms with van der Waals surface area (Å²) in [6.45, 7) is 1.76. The van der Waals surface area contributed by atoms with Crippen molar-refractivity contribution in [2.75, 3.05) is 6.54 Å². The van der Waals surface area contributed by atoms with Crippen molar-refractivity contribution in [1.29, 1.82) is 0 Å². The van der Waals surface area contributed by atoms with Crippen molar-refractivity contribution >= 4 is 6.41 Å². The zero-order chi connectivity index (χ0) is 9.80. The molecule has 1 amide bonds. The lowest BCUT2D eigenvalue weighted by Crippen LogP contribution is -2.16. The molecule has 76 valence electrons. The molecule has 1 aromatic heterocycles. The summed E-state index contributed by atoms with van der Waals surface area (Å²) in [4.78, 5) is 10.1. The maximum atomic E-state index is 10.1. The van der Waals surface area contributed by atoms with Crippen LogP contribution in [-0.4, -0.2) is 22.7 Å². The summed E-state index contributed by atoms with van der Waals surface area (Å²) in [5, 5.41) is 7.01. The van der Waals surface area contributed by atoms with Crippen LogP contribution in [0.3, 0.4) is 0 Å². The molecular weight excluding hydrogens is 178 g/mol. The fraction of sp³-hybridized carbons (Fsp3) is 0.600. The van der Waals surface area contributed by atoms with Crippen molar-refractivity contribution in [3.05, 3.63) is 17.5 Å². The molecule has 0 spiro atoms. The van der Waals surface area contributed by atoms with Gasteiger partial charge in [0.1, 0.15) is 0 Å². The molecule has 0 atom stereocenters. The average molecular weight is 193 g/mol.